The SMILES string of the molecule is CC(C)c1cccc2c1-c1cccc(C(C)C)c1C2(C)C. The van der Waals surface area contributed by atoms with Crippen molar-refractivity contribution in [3.63, 3.8) is 0 Å². The largest absolute Gasteiger partial charge is 0.0616 e. The quantitative estimate of drug-likeness (QED) is 0.610. The van der Waals surface area contributed by atoms with Gasteiger partial charge in [-0.05, 0) is 45.2 Å². The molecule has 3 rings (SSSR count). The third kappa shape index (κ3) is 1.96. The summed E-state index contributed by atoms with van der Waals surface area (Å²) in [7, 11) is 0. The standard InChI is InChI=1S/C21H26/c1-13(2)15-9-8-12-18-19(15)17-11-7-10-16(14(3)4)20(17)21(18,5)6/h7-14H,1-6H3. The Morgan fingerprint density at radius 2 is 1.33 bits per heavy atom. The summed E-state index contributed by atoms with van der Waals surface area (Å²) in [6.45, 7) is 14.0. The molecular formula is C21H26. The Morgan fingerprint density at radius 1 is 0.762 bits per heavy atom. The molecular weight excluding hydrogens is 252 g/mol. The summed E-state index contributed by atoms with van der Waals surface area (Å²) >= 11 is 0. The summed E-state index contributed by atoms with van der Waals surface area (Å²) in [5.41, 5.74) is 9.10. The predicted molar refractivity (Wildman–Crippen MR) is 92.2 cm³/mol. The zero-order valence-electron chi connectivity index (χ0n) is 14.1. The van der Waals surface area contributed by atoms with Gasteiger partial charge in [0.1, 0.15) is 0 Å². The van der Waals surface area contributed by atoms with Crippen molar-refractivity contribution in [3.05, 3.63) is 58.7 Å². The van der Waals surface area contributed by atoms with Crippen LogP contribution < -0.4 is 0 Å². The summed E-state index contributed by atoms with van der Waals surface area (Å²) in [4.78, 5) is 0. The molecule has 1 aliphatic carbocycles. The van der Waals surface area contributed by atoms with E-state index in [2.05, 4.69) is 77.9 Å². The van der Waals surface area contributed by atoms with Crippen molar-refractivity contribution in [2.75, 3.05) is 0 Å². The smallest absolute Gasteiger partial charge is 0.0161 e. The molecule has 1 aliphatic rings. The highest BCUT2D eigenvalue weighted by Crippen LogP contribution is 2.53. The van der Waals surface area contributed by atoms with Crippen LogP contribution in [0.5, 0.6) is 0 Å². The fraction of sp³-hybridized carbons (Fsp3) is 0.429. The van der Waals surface area contributed by atoms with Crippen molar-refractivity contribution in [1.82, 2.24) is 0 Å². The van der Waals surface area contributed by atoms with Crippen LogP contribution in [0.15, 0.2) is 36.4 Å². The molecule has 2 aromatic carbocycles. The molecule has 0 atom stereocenters. The van der Waals surface area contributed by atoms with Crippen LogP contribution in [0, 0.1) is 0 Å². The van der Waals surface area contributed by atoms with Gasteiger partial charge in [0.15, 0.2) is 0 Å². The van der Waals surface area contributed by atoms with Gasteiger partial charge in [0.25, 0.3) is 0 Å². The van der Waals surface area contributed by atoms with E-state index in [0.29, 0.717) is 11.8 Å². The zero-order chi connectivity index (χ0) is 15.4. The van der Waals surface area contributed by atoms with E-state index in [1.165, 1.54) is 27.8 Å². The van der Waals surface area contributed by atoms with E-state index < -0.39 is 0 Å². The molecule has 0 heteroatoms. The fourth-order valence-corrected chi connectivity index (χ4v) is 3.96. The summed E-state index contributed by atoms with van der Waals surface area (Å²) in [6, 6.07) is 13.7. The highest BCUT2D eigenvalue weighted by molar-refractivity contribution is 5.84. The highest BCUT2D eigenvalue weighted by atomic mass is 14.4. The molecule has 0 aliphatic heterocycles. The maximum absolute atomic E-state index is 2.38. The van der Waals surface area contributed by atoms with Gasteiger partial charge >= 0.3 is 0 Å². The Morgan fingerprint density at radius 3 is 1.95 bits per heavy atom. The first-order valence-corrected chi connectivity index (χ1v) is 8.12. The summed E-state index contributed by atoms with van der Waals surface area (Å²) in [5, 5.41) is 0. The maximum atomic E-state index is 2.38. The zero-order valence-corrected chi connectivity index (χ0v) is 14.1. The minimum atomic E-state index is 0.108. The van der Waals surface area contributed by atoms with Gasteiger partial charge in [-0.15, -0.1) is 0 Å². The average Bonchev–Trinajstić information content (AvgIpc) is 2.68. The van der Waals surface area contributed by atoms with E-state index in [9.17, 15) is 0 Å². The molecule has 110 valence electrons. The van der Waals surface area contributed by atoms with Crippen molar-refractivity contribution in [2.24, 2.45) is 0 Å². The molecule has 0 N–H and O–H groups in total. The second-order valence-corrected chi connectivity index (χ2v) is 7.47. The van der Waals surface area contributed by atoms with Gasteiger partial charge in [-0.2, -0.15) is 0 Å². The molecule has 0 saturated heterocycles. The molecule has 0 amide bonds. The lowest BCUT2D eigenvalue weighted by Gasteiger charge is -2.25. The second-order valence-electron chi connectivity index (χ2n) is 7.47. The summed E-state index contributed by atoms with van der Waals surface area (Å²) in [5.74, 6) is 1.13. The second kappa shape index (κ2) is 4.73. The Hall–Kier alpha value is -1.56. The molecule has 21 heavy (non-hydrogen) atoms. The minimum absolute atomic E-state index is 0.108. The van der Waals surface area contributed by atoms with E-state index in [-0.39, 0.29) is 5.41 Å². The summed E-state index contributed by atoms with van der Waals surface area (Å²) in [6.07, 6.45) is 0. The van der Waals surface area contributed by atoms with Crippen LogP contribution >= 0.6 is 0 Å². The average molecular weight is 278 g/mol. The minimum Gasteiger partial charge on any atom is -0.0616 e. The number of hydrogen-bond donors (Lipinski definition) is 0. The van der Waals surface area contributed by atoms with Gasteiger partial charge in [0.05, 0.1) is 0 Å². The van der Waals surface area contributed by atoms with Crippen LogP contribution in [-0.4, -0.2) is 0 Å². The molecule has 0 spiro atoms. The van der Waals surface area contributed by atoms with E-state index in [0.717, 1.165) is 0 Å². The van der Waals surface area contributed by atoms with Crippen LogP contribution in [0.2, 0.25) is 0 Å². The number of rotatable bonds is 2. The molecule has 2 aromatic rings. The first-order valence-electron chi connectivity index (χ1n) is 8.12. The van der Waals surface area contributed by atoms with E-state index >= 15 is 0 Å². The van der Waals surface area contributed by atoms with Gasteiger partial charge < -0.3 is 0 Å². The number of fused-ring (bicyclic) bond motifs is 3. The van der Waals surface area contributed by atoms with Crippen molar-refractivity contribution < 1.29 is 0 Å². The molecule has 0 saturated carbocycles. The van der Waals surface area contributed by atoms with Crippen molar-refractivity contribution in [3.8, 4) is 11.1 Å². The van der Waals surface area contributed by atoms with Crippen molar-refractivity contribution >= 4 is 0 Å². The number of benzene rings is 2. The summed E-state index contributed by atoms with van der Waals surface area (Å²) < 4.78 is 0. The van der Waals surface area contributed by atoms with Gasteiger partial charge in [-0.3, -0.25) is 0 Å². The lowest BCUT2D eigenvalue weighted by atomic mass is 9.78. The van der Waals surface area contributed by atoms with E-state index in [1.807, 2.05) is 0 Å². The van der Waals surface area contributed by atoms with Gasteiger partial charge in [0, 0.05) is 5.41 Å². The monoisotopic (exact) mass is 278 g/mol. The molecule has 0 bridgehead atoms. The van der Waals surface area contributed by atoms with Gasteiger partial charge in [-0.25, -0.2) is 0 Å². The molecule has 0 aromatic heterocycles. The molecule has 0 heterocycles. The van der Waals surface area contributed by atoms with Crippen LogP contribution in [-0.2, 0) is 5.41 Å². The van der Waals surface area contributed by atoms with Crippen LogP contribution in [0.25, 0.3) is 11.1 Å². The van der Waals surface area contributed by atoms with Crippen LogP contribution in [0.4, 0.5) is 0 Å². The molecule has 0 nitrogen and oxygen atoms in total. The lowest BCUT2D eigenvalue weighted by molar-refractivity contribution is 0.641. The van der Waals surface area contributed by atoms with Gasteiger partial charge in [-0.1, -0.05) is 77.9 Å². The molecule has 0 radical (unpaired) electrons. The van der Waals surface area contributed by atoms with Gasteiger partial charge in [0.2, 0.25) is 0 Å². The molecule has 0 fully saturated rings. The Kier molecular flexibility index (Phi) is 3.24. The Balaban J connectivity index is 2.40. The fourth-order valence-electron chi connectivity index (χ4n) is 3.96. The Labute approximate surface area is 129 Å². The van der Waals surface area contributed by atoms with Crippen LogP contribution in [0.1, 0.15) is 75.6 Å². The maximum Gasteiger partial charge on any atom is 0.0161 e. The van der Waals surface area contributed by atoms with Crippen molar-refractivity contribution in [2.45, 2.75) is 58.8 Å². The van der Waals surface area contributed by atoms with Crippen LogP contribution in [0.3, 0.4) is 0 Å². The third-order valence-electron chi connectivity index (χ3n) is 5.01. The van der Waals surface area contributed by atoms with E-state index in [4.69, 9.17) is 0 Å². The van der Waals surface area contributed by atoms with Crippen molar-refractivity contribution in [1.29, 1.82) is 0 Å². The number of hydrogen-bond acceptors (Lipinski definition) is 0. The highest BCUT2D eigenvalue weighted by Gasteiger charge is 2.38. The first kappa shape index (κ1) is 14.4. The normalized spacial score (nSPS) is 15.4. The topological polar surface area (TPSA) is 0 Å². The van der Waals surface area contributed by atoms with E-state index in [1.54, 1.807) is 5.56 Å². The predicted octanol–water partition coefficient (Wildman–Crippen LogP) is 6.24. The lowest BCUT2D eigenvalue weighted by Crippen LogP contribution is -2.17. The first-order chi connectivity index (χ1) is 9.85. The Bertz CT molecular complexity index is 687. The third-order valence-corrected chi connectivity index (χ3v) is 5.01. The molecule has 0 unspecified atom stereocenters.